The smallest absolute Gasteiger partial charge is 0.316 e. The predicted molar refractivity (Wildman–Crippen MR) is 122 cm³/mol. The van der Waals surface area contributed by atoms with Gasteiger partial charge in [-0.15, -0.1) is 0 Å². The molecular weight excluding hydrogens is 420 g/mol. The van der Waals surface area contributed by atoms with E-state index in [0.29, 0.717) is 10.9 Å². The minimum absolute atomic E-state index is 0.0622. The maximum absolute atomic E-state index is 12.6. The number of para-hydroxylation sites is 1. The Kier molecular flexibility index (Phi) is 5.95. The van der Waals surface area contributed by atoms with E-state index in [9.17, 15) is 9.59 Å². The highest BCUT2D eigenvalue weighted by molar-refractivity contribution is 5.89. The van der Waals surface area contributed by atoms with Gasteiger partial charge in [-0.3, -0.25) is 19.1 Å². The second kappa shape index (κ2) is 9.33. The number of amides is 1. The van der Waals surface area contributed by atoms with Crippen LogP contribution in [0.5, 0.6) is 0 Å². The van der Waals surface area contributed by atoms with Crippen molar-refractivity contribution in [2.24, 2.45) is 0 Å². The molecule has 9 heteroatoms. The summed E-state index contributed by atoms with van der Waals surface area (Å²) in [7, 11) is 0. The number of aromatic nitrogens is 4. The summed E-state index contributed by atoms with van der Waals surface area (Å²) in [6.45, 7) is 2.81. The van der Waals surface area contributed by atoms with E-state index < -0.39 is 0 Å². The molecule has 2 aromatic carbocycles. The molecule has 0 saturated carbocycles. The quantitative estimate of drug-likeness (QED) is 0.486. The lowest BCUT2D eigenvalue weighted by atomic mass is 10.0. The second-order valence-corrected chi connectivity index (χ2v) is 8.22. The molecule has 1 N–H and O–H groups in total. The minimum atomic E-state index is -0.390. The van der Waals surface area contributed by atoms with Crippen molar-refractivity contribution < 1.29 is 9.32 Å². The van der Waals surface area contributed by atoms with E-state index in [1.54, 1.807) is 18.2 Å². The number of hydrogen-bond donors (Lipinski definition) is 1. The van der Waals surface area contributed by atoms with E-state index in [2.05, 4.69) is 37.5 Å². The molecule has 0 atom stereocenters. The van der Waals surface area contributed by atoms with Crippen molar-refractivity contribution in [3.05, 3.63) is 88.6 Å². The second-order valence-electron chi connectivity index (χ2n) is 8.22. The topological polar surface area (TPSA) is 106 Å². The molecule has 0 radical (unpaired) electrons. The molecule has 0 unspecified atom stereocenters. The van der Waals surface area contributed by atoms with Crippen molar-refractivity contribution in [2.75, 3.05) is 13.1 Å². The zero-order chi connectivity index (χ0) is 22.6. The summed E-state index contributed by atoms with van der Waals surface area (Å²) in [5.41, 5.74) is 1.72. The minimum Gasteiger partial charge on any atom is -0.345 e. The fraction of sp³-hybridized carbons (Fsp3) is 0.292. The van der Waals surface area contributed by atoms with Crippen LogP contribution in [0.4, 0.5) is 0 Å². The van der Waals surface area contributed by atoms with Crippen LogP contribution in [0.25, 0.3) is 10.9 Å². The molecule has 1 aliphatic rings. The van der Waals surface area contributed by atoms with Crippen LogP contribution in [-0.2, 0) is 13.1 Å². The monoisotopic (exact) mass is 444 g/mol. The number of likely N-dealkylation sites (tertiary alicyclic amines) is 1. The Morgan fingerprint density at radius 2 is 1.79 bits per heavy atom. The van der Waals surface area contributed by atoms with Crippen molar-refractivity contribution >= 4 is 16.8 Å². The van der Waals surface area contributed by atoms with Gasteiger partial charge in [-0.25, -0.2) is 4.98 Å². The Morgan fingerprint density at radius 1 is 1.03 bits per heavy atom. The Bertz CT molecular complexity index is 1310. The molecule has 1 fully saturated rings. The highest BCUT2D eigenvalue weighted by atomic mass is 16.5. The maximum atomic E-state index is 12.6. The van der Waals surface area contributed by atoms with Crippen molar-refractivity contribution in [3.8, 4) is 0 Å². The van der Waals surface area contributed by atoms with Gasteiger partial charge >= 0.3 is 11.8 Å². The van der Waals surface area contributed by atoms with E-state index >= 15 is 0 Å². The van der Waals surface area contributed by atoms with Crippen LogP contribution >= 0.6 is 0 Å². The average molecular weight is 444 g/mol. The number of carbonyl (C=O) groups excluding carboxylic acids is 1. The van der Waals surface area contributed by atoms with Gasteiger partial charge in [0.25, 0.3) is 5.56 Å². The van der Waals surface area contributed by atoms with Crippen molar-refractivity contribution in [1.29, 1.82) is 0 Å². The Balaban J connectivity index is 1.17. The number of hydrogen-bond acceptors (Lipinski definition) is 7. The first kappa shape index (κ1) is 21.0. The molecule has 9 nitrogen and oxygen atoms in total. The summed E-state index contributed by atoms with van der Waals surface area (Å²) in [5, 5.41) is 7.37. The lowest BCUT2D eigenvalue weighted by Gasteiger charge is -2.32. The maximum Gasteiger partial charge on any atom is 0.316 e. The number of benzene rings is 2. The molecular formula is C24H24N6O3. The van der Waals surface area contributed by atoms with Crippen molar-refractivity contribution in [3.63, 3.8) is 0 Å². The molecule has 1 amide bonds. The Hall–Kier alpha value is -3.85. The van der Waals surface area contributed by atoms with Gasteiger partial charge in [-0.2, -0.15) is 4.98 Å². The van der Waals surface area contributed by atoms with Crippen LogP contribution in [0.3, 0.4) is 0 Å². The van der Waals surface area contributed by atoms with Gasteiger partial charge in [-0.05, 0) is 30.5 Å². The molecule has 0 spiro atoms. The fourth-order valence-corrected chi connectivity index (χ4v) is 4.11. The number of rotatable bonds is 6. The third-order valence-electron chi connectivity index (χ3n) is 5.88. The average Bonchev–Trinajstić information content (AvgIpc) is 3.32. The van der Waals surface area contributed by atoms with Gasteiger partial charge in [0.15, 0.2) is 5.82 Å². The molecule has 168 valence electrons. The first-order valence-electron chi connectivity index (χ1n) is 11.0. The van der Waals surface area contributed by atoms with Gasteiger partial charge in [0.2, 0.25) is 0 Å². The van der Waals surface area contributed by atoms with Crippen LogP contribution < -0.4 is 10.9 Å². The van der Waals surface area contributed by atoms with E-state index in [1.807, 2.05) is 24.3 Å². The first-order valence-corrected chi connectivity index (χ1v) is 11.0. The van der Waals surface area contributed by atoms with E-state index in [4.69, 9.17) is 4.52 Å². The van der Waals surface area contributed by atoms with Crippen LogP contribution in [0.1, 0.15) is 34.9 Å². The molecule has 2 aromatic heterocycles. The summed E-state index contributed by atoms with van der Waals surface area (Å²) in [5.74, 6) is -0.241. The summed E-state index contributed by atoms with van der Waals surface area (Å²) < 4.78 is 6.55. The van der Waals surface area contributed by atoms with Crippen LogP contribution in [0, 0.1) is 0 Å². The van der Waals surface area contributed by atoms with Crippen molar-refractivity contribution in [1.82, 2.24) is 29.9 Å². The molecule has 5 rings (SSSR count). The van der Waals surface area contributed by atoms with Gasteiger partial charge in [0, 0.05) is 25.7 Å². The predicted octanol–water partition coefficient (Wildman–Crippen LogP) is 2.22. The summed E-state index contributed by atoms with van der Waals surface area (Å²) in [4.78, 5) is 36.1. The SMILES string of the molecule is O=C(NC1CCN(Cc2ccccc2)CC1)c1nc(Cn2cnc3ccccc3c2=O)no1. The van der Waals surface area contributed by atoms with Gasteiger partial charge in [0.1, 0.15) is 0 Å². The number of nitrogens with zero attached hydrogens (tertiary/aromatic N) is 5. The molecule has 1 saturated heterocycles. The van der Waals surface area contributed by atoms with E-state index in [1.165, 1.54) is 16.5 Å². The molecule has 4 aromatic rings. The zero-order valence-corrected chi connectivity index (χ0v) is 18.1. The number of fused-ring (bicyclic) bond motifs is 1. The Morgan fingerprint density at radius 3 is 2.61 bits per heavy atom. The highest BCUT2D eigenvalue weighted by Gasteiger charge is 2.24. The standard InChI is InChI=1S/C24H24N6O3/c31-22(26-18-10-12-29(13-11-18)14-17-6-2-1-3-7-17)23-27-21(28-33-23)15-30-16-25-20-9-5-4-8-19(20)24(30)32/h1-9,16,18H,10-15H2,(H,26,31). The lowest BCUT2D eigenvalue weighted by molar-refractivity contribution is 0.0865. The molecule has 0 aliphatic carbocycles. The van der Waals surface area contributed by atoms with Crippen LogP contribution in [-0.4, -0.2) is 49.6 Å². The molecule has 1 aliphatic heterocycles. The number of nitrogens with one attached hydrogen (secondary N) is 1. The highest BCUT2D eigenvalue weighted by Crippen LogP contribution is 2.14. The Labute approximate surface area is 190 Å². The third kappa shape index (κ3) is 4.83. The summed E-state index contributed by atoms with van der Waals surface area (Å²) >= 11 is 0. The summed E-state index contributed by atoms with van der Waals surface area (Å²) in [6.07, 6.45) is 3.17. The fourth-order valence-electron chi connectivity index (χ4n) is 4.11. The molecule has 3 heterocycles. The van der Waals surface area contributed by atoms with E-state index in [-0.39, 0.29) is 35.8 Å². The lowest BCUT2D eigenvalue weighted by Crippen LogP contribution is -2.44. The number of carbonyl (C=O) groups is 1. The molecule has 0 bridgehead atoms. The van der Waals surface area contributed by atoms with Gasteiger partial charge < -0.3 is 9.84 Å². The van der Waals surface area contributed by atoms with Gasteiger partial charge in [0.05, 0.1) is 23.8 Å². The zero-order valence-electron chi connectivity index (χ0n) is 18.1. The first-order chi connectivity index (χ1) is 16.2. The van der Waals surface area contributed by atoms with Crippen LogP contribution in [0.2, 0.25) is 0 Å². The molecule has 33 heavy (non-hydrogen) atoms. The summed E-state index contributed by atoms with van der Waals surface area (Å²) in [6, 6.07) is 17.6. The van der Waals surface area contributed by atoms with Crippen LogP contribution in [0.15, 0.2) is 70.2 Å². The normalized spacial score (nSPS) is 15.0. The third-order valence-corrected chi connectivity index (χ3v) is 5.88. The van der Waals surface area contributed by atoms with Gasteiger partial charge in [-0.1, -0.05) is 47.6 Å². The van der Waals surface area contributed by atoms with E-state index in [0.717, 1.165) is 32.5 Å². The van der Waals surface area contributed by atoms with Crippen molar-refractivity contribution in [2.45, 2.75) is 32.0 Å². The number of piperidine rings is 1. The largest absolute Gasteiger partial charge is 0.345 e.